The number of hydrogen-bond donors (Lipinski definition) is 2. The molecule has 2 N–H and O–H groups in total. The number of amides is 1. The molecule has 1 aromatic rings. The van der Waals surface area contributed by atoms with E-state index in [1.165, 1.54) is 0 Å². The summed E-state index contributed by atoms with van der Waals surface area (Å²) in [7, 11) is 0. The molecule has 0 aliphatic rings. The zero-order valence-electron chi connectivity index (χ0n) is 11.4. The Kier molecular flexibility index (Phi) is 5.44. The van der Waals surface area contributed by atoms with Gasteiger partial charge in [-0.1, -0.05) is 13.0 Å². The predicted octanol–water partition coefficient (Wildman–Crippen LogP) is 3.40. The Morgan fingerprint density at radius 1 is 1.44 bits per heavy atom. The quantitative estimate of drug-likeness (QED) is 0.791. The van der Waals surface area contributed by atoms with E-state index < -0.39 is 0 Å². The molecule has 0 aliphatic carbocycles. The first-order valence-corrected chi connectivity index (χ1v) is 7.26. The predicted molar refractivity (Wildman–Crippen MR) is 84.8 cm³/mol. The fourth-order valence-electron chi connectivity index (χ4n) is 1.42. The van der Waals surface area contributed by atoms with Crippen LogP contribution in [0.4, 0.5) is 5.69 Å². The zero-order valence-corrected chi connectivity index (χ0v) is 13.5. The summed E-state index contributed by atoms with van der Waals surface area (Å²) in [4.78, 5) is 12.0. The van der Waals surface area contributed by atoms with Gasteiger partial charge < -0.3 is 10.6 Å². The van der Waals surface area contributed by atoms with Gasteiger partial charge in [0.1, 0.15) is 6.04 Å². The molecule has 0 radical (unpaired) electrons. The first-order chi connectivity index (χ1) is 8.34. The minimum atomic E-state index is -0.242. The lowest BCUT2D eigenvalue weighted by Crippen LogP contribution is -2.48. The SMILES string of the molecule is CCC(C)(C)NC(=O)C(C)Nc1cccc(I)c1. The van der Waals surface area contributed by atoms with E-state index in [0.29, 0.717) is 0 Å². The number of benzene rings is 1. The Morgan fingerprint density at radius 3 is 2.67 bits per heavy atom. The summed E-state index contributed by atoms with van der Waals surface area (Å²) in [6, 6.07) is 7.75. The van der Waals surface area contributed by atoms with E-state index in [-0.39, 0.29) is 17.5 Å². The minimum Gasteiger partial charge on any atom is -0.374 e. The molecule has 0 spiro atoms. The van der Waals surface area contributed by atoms with E-state index in [0.717, 1.165) is 15.7 Å². The molecule has 3 nitrogen and oxygen atoms in total. The second-order valence-electron chi connectivity index (χ2n) is 5.10. The lowest BCUT2D eigenvalue weighted by atomic mass is 10.0. The van der Waals surface area contributed by atoms with E-state index >= 15 is 0 Å². The van der Waals surface area contributed by atoms with E-state index in [1.807, 2.05) is 45.0 Å². The van der Waals surface area contributed by atoms with Gasteiger partial charge in [0.2, 0.25) is 5.91 Å². The van der Waals surface area contributed by atoms with Crippen LogP contribution in [0.5, 0.6) is 0 Å². The van der Waals surface area contributed by atoms with Crippen LogP contribution >= 0.6 is 22.6 Å². The highest BCUT2D eigenvalue weighted by Gasteiger charge is 2.21. The van der Waals surface area contributed by atoms with Crippen molar-refractivity contribution in [2.75, 3.05) is 5.32 Å². The molecule has 0 bridgehead atoms. The van der Waals surface area contributed by atoms with Crippen LogP contribution < -0.4 is 10.6 Å². The molecule has 0 fully saturated rings. The van der Waals surface area contributed by atoms with Crippen molar-refractivity contribution in [3.05, 3.63) is 27.8 Å². The summed E-state index contributed by atoms with van der Waals surface area (Å²) in [6.07, 6.45) is 0.911. The molecule has 1 unspecified atom stereocenters. The van der Waals surface area contributed by atoms with Gasteiger partial charge in [0, 0.05) is 14.8 Å². The first kappa shape index (κ1) is 15.3. The van der Waals surface area contributed by atoms with Crippen LogP contribution in [0.1, 0.15) is 34.1 Å². The Labute approximate surface area is 123 Å². The molecule has 1 aromatic carbocycles. The molecule has 100 valence electrons. The summed E-state index contributed by atoms with van der Waals surface area (Å²) in [5.74, 6) is 0.0284. The smallest absolute Gasteiger partial charge is 0.242 e. The highest BCUT2D eigenvalue weighted by molar-refractivity contribution is 14.1. The van der Waals surface area contributed by atoms with E-state index in [2.05, 4.69) is 40.1 Å². The molecular weight excluding hydrogens is 339 g/mol. The van der Waals surface area contributed by atoms with Gasteiger partial charge in [-0.25, -0.2) is 0 Å². The van der Waals surface area contributed by atoms with Gasteiger partial charge in [-0.3, -0.25) is 4.79 Å². The van der Waals surface area contributed by atoms with Gasteiger partial charge in [0.05, 0.1) is 0 Å². The fourth-order valence-corrected chi connectivity index (χ4v) is 1.97. The van der Waals surface area contributed by atoms with E-state index in [4.69, 9.17) is 0 Å². The molecule has 1 atom stereocenters. The number of anilines is 1. The van der Waals surface area contributed by atoms with Crippen LogP contribution in [0.25, 0.3) is 0 Å². The van der Waals surface area contributed by atoms with Crippen LogP contribution in [0, 0.1) is 3.57 Å². The maximum atomic E-state index is 12.0. The maximum absolute atomic E-state index is 12.0. The van der Waals surface area contributed by atoms with Crippen molar-refractivity contribution in [1.82, 2.24) is 5.32 Å². The van der Waals surface area contributed by atoms with Gasteiger partial charge in [-0.15, -0.1) is 0 Å². The molecule has 1 rings (SSSR count). The Hall–Kier alpha value is -0.780. The van der Waals surface area contributed by atoms with Crippen molar-refractivity contribution in [2.24, 2.45) is 0 Å². The Morgan fingerprint density at radius 2 is 2.11 bits per heavy atom. The molecule has 0 heterocycles. The largest absolute Gasteiger partial charge is 0.374 e. The van der Waals surface area contributed by atoms with Crippen molar-refractivity contribution in [3.8, 4) is 0 Å². The monoisotopic (exact) mass is 360 g/mol. The van der Waals surface area contributed by atoms with Gasteiger partial charge in [0.15, 0.2) is 0 Å². The number of halogens is 1. The number of carbonyl (C=O) groups excluding carboxylic acids is 1. The summed E-state index contributed by atoms with van der Waals surface area (Å²) in [5, 5.41) is 6.25. The van der Waals surface area contributed by atoms with Crippen molar-refractivity contribution < 1.29 is 4.79 Å². The molecule has 0 aliphatic heterocycles. The fraction of sp³-hybridized carbons (Fsp3) is 0.500. The Balaban J connectivity index is 2.60. The molecule has 0 saturated heterocycles. The summed E-state index contributed by atoms with van der Waals surface area (Å²) in [6.45, 7) is 8.00. The molecule has 0 saturated carbocycles. The molecule has 18 heavy (non-hydrogen) atoms. The van der Waals surface area contributed by atoms with Gasteiger partial charge in [0.25, 0.3) is 0 Å². The number of carbonyl (C=O) groups is 1. The van der Waals surface area contributed by atoms with Crippen LogP contribution in [0.2, 0.25) is 0 Å². The van der Waals surface area contributed by atoms with Crippen LogP contribution in [0.15, 0.2) is 24.3 Å². The third kappa shape index (κ3) is 4.84. The second-order valence-corrected chi connectivity index (χ2v) is 6.35. The normalized spacial score (nSPS) is 12.9. The highest BCUT2D eigenvalue weighted by Crippen LogP contribution is 2.14. The third-order valence-corrected chi connectivity index (χ3v) is 3.62. The molecule has 4 heteroatoms. The van der Waals surface area contributed by atoms with E-state index in [1.54, 1.807) is 0 Å². The van der Waals surface area contributed by atoms with Gasteiger partial charge in [-0.05, 0) is 68.0 Å². The van der Waals surface area contributed by atoms with E-state index in [9.17, 15) is 4.79 Å². The lowest BCUT2D eigenvalue weighted by molar-refractivity contribution is -0.123. The van der Waals surface area contributed by atoms with Crippen LogP contribution in [-0.2, 0) is 4.79 Å². The molecule has 1 amide bonds. The third-order valence-electron chi connectivity index (χ3n) is 2.95. The Bertz CT molecular complexity index is 418. The topological polar surface area (TPSA) is 41.1 Å². The summed E-state index contributed by atoms with van der Waals surface area (Å²) in [5.41, 5.74) is 0.817. The van der Waals surface area contributed by atoms with Crippen molar-refractivity contribution >= 4 is 34.2 Å². The molecule has 0 aromatic heterocycles. The zero-order chi connectivity index (χ0) is 13.8. The van der Waals surface area contributed by atoms with Crippen LogP contribution in [0.3, 0.4) is 0 Å². The minimum absolute atomic E-state index is 0.0284. The second kappa shape index (κ2) is 6.41. The highest BCUT2D eigenvalue weighted by atomic mass is 127. The first-order valence-electron chi connectivity index (χ1n) is 6.18. The average molecular weight is 360 g/mol. The standard InChI is InChI=1S/C14H21IN2O/c1-5-14(3,4)17-13(18)10(2)16-12-8-6-7-11(15)9-12/h6-10,16H,5H2,1-4H3,(H,17,18). The maximum Gasteiger partial charge on any atom is 0.242 e. The van der Waals surface area contributed by atoms with Gasteiger partial charge in [-0.2, -0.15) is 0 Å². The number of nitrogens with one attached hydrogen (secondary N) is 2. The van der Waals surface area contributed by atoms with Gasteiger partial charge >= 0.3 is 0 Å². The lowest BCUT2D eigenvalue weighted by Gasteiger charge is -2.27. The molecular formula is C14H21IN2O. The average Bonchev–Trinajstić information content (AvgIpc) is 2.28. The van der Waals surface area contributed by atoms with Crippen molar-refractivity contribution in [3.63, 3.8) is 0 Å². The van der Waals surface area contributed by atoms with Crippen LogP contribution in [-0.4, -0.2) is 17.5 Å². The summed E-state index contributed by atoms with van der Waals surface area (Å²) < 4.78 is 1.15. The van der Waals surface area contributed by atoms with Crippen molar-refractivity contribution in [2.45, 2.75) is 45.7 Å². The number of hydrogen-bond acceptors (Lipinski definition) is 2. The summed E-state index contributed by atoms with van der Waals surface area (Å²) >= 11 is 2.26. The number of rotatable bonds is 5. The van der Waals surface area contributed by atoms with Crippen molar-refractivity contribution in [1.29, 1.82) is 0 Å².